The summed E-state index contributed by atoms with van der Waals surface area (Å²) in [6, 6.07) is 12.3. The maximum Gasteiger partial charge on any atom is 0.329 e. The van der Waals surface area contributed by atoms with Gasteiger partial charge in [-0.3, -0.25) is 9.59 Å². The number of hydrazone groups is 1. The molecule has 0 spiro atoms. The second-order valence-corrected chi connectivity index (χ2v) is 6.72. The molecule has 0 saturated carbocycles. The lowest BCUT2D eigenvalue weighted by Gasteiger charge is -2.11. The van der Waals surface area contributed by atoms with E-state index in [1.54, 1.807) is 30.3 Å². The fraction of sp³-hybridized carbons (Fsp3) is 0.211. The van der Waals surface area contributed by atoms with Gasteiger partial charge in [-0.1, -0.05) is 36.2 Å². The third kappa shape index (κ3) is 6.58. The molecule has 2 amide bonds. The van der Waals surface area contributed by atoms with Gasteiger partial charge in [0.05, 0.1) is 6.21 Å². The molecule has 8 heteroatoms. The highest BCUT2D eigenvalue weighted by Crippen LogP contribution is 2.24. The lowest BCUT2D eigenvalue weighted by molar-refractivity contribution is -0.139. The molecule has 2 aromatic rings. The van der Waals surface area contributed by atoms with Crippen molar-refractivity contribution < 1.29 is 9.59 Å². The first-order valence-corrected chi connectivity index (χ1v) is 9.10. The van der Waals surface area contributed by atoms with Gasteiger partial charge < -0.3 is 10.6 Å². The van der Waals surface area contributed by atoms with Crippen molar-refractivity contribution in [2.24, 2.45) is 5.10 Å². The van der Waals surface area contributed by atoms with E-state index in [0.717, 1.165) is 12.1 Å². The Bertz CT molecular complexity index is 855. The molecular weight excluding hydrogens is 387 g/mol. The van der Waals surface area contributed by atoms with Gasteiger partial charge in [0, 0.05) is 33.0 Å². The molecule has 2 aromatic carbocycles. The number of hydrogen-bond acceptors (Lipinski definition) is 4. The van der Waals surface area contributed by atoms with Crippen molar-refractivity contribution in [3.63, 3.8) is 0 Å². The molecule has 0 radical (unpaired) electrons. The van der Waals surface area contributed by atoms with Crippen LogP contribution in [0.25, 0.3) is 0 Å². The van der Waals surface area contributed by atoms with Crippen molar-refractivity contribution in [1.82, 2.24) is 10.7 Å². The molecule has 0 unspecified atom stereocenters. The maximum absolute atomic E-state index is 11.8. The normalized spacial score (nSPS) is 11.9. The highest BCUT2D eigenvalue weighted by molar-refractivity contribution is 6.35. The van der Waals surface area contributed by atoms with Crippen molar-refractivity contribution in [1.29, 1.82) is 0 Å². The van der Waals surface area contributed by atoms with E-state index in [2.05, 4.69) is 21.2 Å². The Hall–Kier alpha value is -2.57. The molecule has 6 nitrogen and oxygen atoms in total. The van der Waals surface area contributed by atoms with Crippen LogP contribution >= 0.6 is 23.2 Å². The van der Waals surface area contributed by atoms with Gasteiger partial charge in [0.25, 0.3) is 0 Å². The van der Waals surface area contributed by atoms with Gasteiger partial charge in [0.1, 0.15) is 0 Å². The number of benzene rings is 2. The second kappa shape index (κ2) is 9.94. The highest BCUT2D eigenvalue weighted by atomic mass is 35.5. The van der Waals surface area contributed by atoms with E-state index in [1.807, 2.05) is 26.0 Å². The van der Waals surface area contributed by atoms with E-state index >= 15 is 0 Å². The standard InChI is InChI=1S/C19H20Cl2N4O2/c1-3-12(2)23-18(26)19(27)25-22-11-13-9-15(21)7-8-17(13)24-16-6-4-5-14(20)10-16/h4-12,24H,3H2,1-2H3,(H,23,26)(H,25,27)/b22-11-/t12-/m0/s1. The zero-order chi connectivity index (χ0) is 19.8. The molecular formula is C19H20Cl2N4O2. The summed E-state index contributed by atoms with van der Waals surface area (Å²) in [6.07, 6.45) is 2.14. The van der Waals surface area contributed by atoms with Crippen LogP contribution in [-0.4, -0.2) is 24.1 Å². The van der Waals surface area contributed by atoms with Crippen molar-refractivity contribution in [2.45, 2.75) is 26.3 Å². The fourth-order valence-corrected chi connectivity index (χ4v) is 2.45. The summed E-state index contributed by atoms with van der Waals surface area (Å²) in [6.45, 7) is 3.72. The van der Waals surface area contributed by atoms with E-state index < -0.39 is 11.8 Å². The summed E-state index contributed by atoms with van der Waals surface area (Å²) in [4.78, 5) is 23.5. The fourth-order valence-electron chi connectivity index (χ4n) is 2.08. The number of anilines is 2. The number of nitrogens with one attached hydrogen (secondary N) is 3. The number of hydrogen-bond donors (Lipinski definition) is 3. The van der Waals surface area contributed by atoms with Crippen LogP contribution in [0.2, 0.25) is 10.0 Å². The molecule has 0 aliphatic heterocycles. The van der Waals surface area contributed by atoms with Crippen molar-refractivity contribution in [2.75, 3.05) is 5.32 Å². The van der Waals surface area contributed by atoms with E-state index in [4.69, 9.17) is 23.2 Å². The molecule has 2 rings (SSSR count). The molecule has 0 fully saturated rings. The van der Waals surface area contributed by atoms with Gasteiger partial charge in [-0.15, -0.1) is 0 Å². The van der Waals surface area contributed by atoms with Gasteiger partial charge in [0.15, 0.2) is 0 Å². The zero-order valence-corrected chi connectivity index (χ0v) is 16.4. The van der Waals surface area contributed by atoms with Crippen LogP contribution in [0.1, 0.15) is 25.8 Å². The Kier molecular flexibility index (Phi) is 7.64. The monoisotopic (exact) mass is 406 g/mol. The lowest BCUT2D eigenvalue weighted by atomic mass is 10.2. The summed E-state index contributed by atoms with van der Waals surface area (Å²) >= 11 is 12.0. The minimum absolute atomic E-state index is 0.0892. The van der Waals surface area contributed by atoms with Crippen molar-refractivity contribution in [3.8, 4) is 0 Å². The Morgan fingerprint density at radius 3 is 2.56 bits per heavy atom. The lowest BCUT2D eigenvalue weighted by Crippen LogP contribution is -2.41. The minimum Gasteiger partial charge on any atom is -0.355 e. The Morgan fingerprint density at radius 2 is 1.85 bits per heavy atom. The van der Waals surface area contributed by atoms with Gasteiger partial charge in [-0.25, -0.2) is 5.43 Å². The first kappa shape index (κ1) is 20.7. The van der Waals surface area contributed by atoms with Gasteiger partial charge in [-0.05, 0) is 49.7 Å². The van der Waals surface area contributed by atoms with Crippen LogP contribution in [0.4, 0.5) is 11.4 Å². The van der Waals surface area contributed by atoms with Crippen molar-refractivity contribution >= 4 is 52.6 Å². The van der Waals surface area contributed by atoms with Crippen LogP contribution in [-0.2, 0) is 9.59 Å². The molecule has 0 aromatic heterocycles. The molecule has 0 aliphatic rings. The number of halogens is 2. The number of carbonyl (C=O) groups excluding carboxylic acids is 2. The molecule has 27 heavy (non-hydrogen) atoms. The highest BCUT2D eigenvalue weighted by Gasteiger charge is 2.14. The van der Waals surface area contributed by atoms with Gasteiger partial charge in [-0.2, -0.15) is 5.10 Å². The largest absolute Gasteiger partial charge is 0.355 e. The quantitative estimate of drug-likeness (QED) is 0.383. The van der Waals surface area contributed by atoms with E-state index in [-0.39, 0.29) is 6.04 Å². The first-order valence-electron chi connectivity index (χ1n) is 8.35. The molecule has 0 heterocycles. The molecule has 142 valence electrons. The van der Waals surface area contributed by atoms with Crippen molar-refractivity contribution in [3.05, 3.63) is 58.1 Å². The predicted molar refractivity (Wildman–Crippen MR) is 110 cm³/mol. The van der Waals surface area contributed by atoms with Gasteiger partial charge >= 0.3 is 11.8 Å². The molecule has 0 aliphatic carbocycles. The molecule has 0 saturated heterocycles. The van der Waals surface area contributed by atoms with E-state index in [9.17, 15) is 9.59 Å². The average molecular weight is 407 g/mol. The Balaban J connectivity index is 2.09. The van der Waals surface area contributed by atoms with E-state index in [0.29, 0.717) is 21.3 Å². The summed E-state index contributed by atoms with van der Waals surface area (Å²) in [5.74, 6) is -1.57. The number of carbonyl (C=O) groups is 2. The van der Waals surface area contributed by atoms with Crippen LogP contribution < -0.4 is 16.1 Å². The molecule has 1 atom stereocenters. The SMILES string of the molecule is CC[C@H](C)NC(=O)C(=O)N/N=C\c1cc(Cl)ccc1Nc1cccc(Cl)c1. The Labute approximate surface area is 167 Å². The third-order valence-corrected chi connectivity index (χ3v) is 4.15. The Morgan fingerprint density at radius 1 is 1.11 bits per heavy atom. The summed E-state index contributed by atoms with van der Waals surface area (Å²) in [5.41, 5.74) is 4.34. The molecule has 3 N–H and O–H groups in total. The topological polar surface area (TPSA) is 82.6 Å². The van der Waals surface area contributed by atoms with Crippen LogP contribution in [0.5, 0.6) is 0 Å². The summed E-state index contributed by atoms with van der Waals surface area (Å²) in [5, 5.41) is 10.7. The zero-order valence-electron chi connectivity index (χ0n) is 14.9. The van der Waals surface area contributed by atoms with Gasteiger partial charge in [0.2, 0.25) is 0 Å². The summed E-state index contributed by atoms with van der Waals surface area (Å²) < 4.78 is 0. The predicted octanol–water partition coefficient (Wildman–Crippen LogP) is 4.10. The van der Waals surface area contributed by atoms with Crippen LogP contribution in [0, 0.1) is 0 Å². The summed E-state index contributed by atoms with van der Waals surface area (Å²) in [7, 11) is 0. The average Bonchev–Trinajstić information content (AvgIpc) is 2.63. The third-order valence-electron chi connectivity index (χ3n) is 3.68. The first-order chi connectivity index (χ1) is 12.9. The van der Waals surface area contributed by atoms with Crippen LogP contribution in [0.15, 0.2) is 47.6 Å². The second-order valence-electron chi connectivity index (χ2n) is 5.85. The molecule has 0 bridgehead atoms. The number of nitrogens with zero attached hydrogens (tertiary/aromatic N) is 1. The minimum atomic E-state index is -0.835. The van der Waals surface area contributed by atoms with Crippen LogP contribution in [0.3, 0.4) is 0 Å². The number of rotatable bonds is 6. The maximum atomic E-state index is 11.8. The smallest absolute Gasteiger partial charge is 0.329 e. The number of amides is 2. The van der Waals surface area contributed by atoms with E-state index in [1.165, 1.54) is 6.21 Å².